The van der Waals surface area contributed by atoms with Crippen molar-refractivity contribution in [1.82, 2.24) is 10.2 Å². The van der Waals surface area contributed by atoms with Gasteiger partial charge in [0.2, 0.25) is 11.8 Å². The number of carbonyl (C=O) groups is 2. The first-order valence-electron chi connectivity index (χ1n) is 7.07. The first kappa shape index (κ1) is 16.9. The molecule has 1 fully saturated rings. The molecule has 0 radical (unpaired) electrons. The number of nitrogens with zero attached hydrogens (tertiary/aromatic N) is 1. The van der Waals surface area contributed by atoms with E-state index in [0.717, 1.165) is 0 Å². The number of nitrogens with one attached hydrogen (secondary N) is 1. The minimum Gasteiger partial charge on any atom is -0.343 e. The molecule has 0 saturated carbocycles. The second-order valence-electron chi connectivity index (χ2n) is 5.16. The van der Waals surface area contributed by atoms with Crippen molar-refractivity contribution in [1.29, 1.82) is 0 Å². The van der Waals surface area contributed by atoms with Crippen LogP contribution < -0.4 is 5.32 Å². The van der Waals surface area contributed by atoms with Crippen LogP contribution in [0, 0.1) is 0 Å². The van der Waals surface area contributed by atoms with E-state index in [1.165, 1.54) is 4.90 Å². The summed E-state index contributed by atoms with van der Waals surface area (Å²) in [5.74, 6) is -0.456. The quantitative estimate of drug-likeness (QED) is 0.766. The standard InChI is InChI=1S/C13H24N2O4S/c1-5-13(6-2)12(17)14-10(4)11(16)15(13)8-9-20(18,19)7-3/h10H,5-9H2,1-4H3,(H,14,17). The van der Waals surface area contributed by atoms with E-state index >= 15 is 0 Å². The van der Waals surface area contributed by atoms with Gasteiger partial charge in [-0.2, -0.15) is 0 Å². The lowest BCUT2D eigenvalue weighted by atomic mass is 9.86. The van der Waals surface area contributed by atoms with Crippen molar-refractivity contribution in [3.63, 3.8) is 0 Å². The maximum Gasteiger partial charge on any atom is 0.246 e. The Hall–Kier alpha value is -1.11. The summed E-state index contributed by atoms with van der Waals surface area (Å²) in [6, 6.07) is -0.599. The molecule has 1 unspecified atom stereocenters. The van der Waals surface area contributed by atoms with E-state index in [9.17, 15) is 18.0 Å². The first-order valence-corrected chi connectivity index (χ1v) is 8.89. The molecule has 0 bridgehead atoms. The lowest BCUT2D eigenvalue weighted by Crippen LogP contribution is -2.70. The summed E-state index contributed by atoms with van der Waals surface area (Å²) in [5, 5.41) is 2.68. The third-order valence-electron chi connectivity index (χ3n) is 4.16. The summed E-state index contributed by atoms with van der Waals surface area (Å²) in [7, 11) is -3.17. The van der Waals surface area contributed by atoms with Crippen molar-refractivity contribution in [3.05, 3.63) is 0 Å². The van der Waals surface area contributed by atoms with Crippen molar-refractivity contribution in [2.75, 3.05) is 18.1 Å². The molecule has 0 aromatic rings. The minimum absolute atomic E-state index is 0.0437. The largest absolute Gasteiger partial charge is 0.343 e. The Bertz CT molecular complexity index is 483. The van der Waals surface area contributed by atoms with Gasteiger partial charge < -0.3 is 10.2 Å². The van der Waals surface area contributed by atoms with Gasteiger partial charge in [-0.15, -0.1) is 0 Å². The van der Waals surface area contributed by atoms with Crippen LogP contribution in [0.3, 0.4) is 0 Å². The predicted molar refractivity (Wildman–Crippen MR) is 77.0 cm³/mol. The molecule has 20 heavy (non-hydrogen) atoms. The van der Waals surface area contributed by atoms with Crippen LogP contribution >= 0.6 is 0 Å². The van der Waals surface area contributed by atoms with Gasteiger partial charge in [-0.05, 0) is 19.8 Å². The Morgan fingerprint density at radius 2 is 1.75 bits per heavy atom. The van der Waals surface area contributed by atoms with Crippen LogP contribution in [0.4, 0.5) is 0 Å². The molecule has 2 amide bonds. The zero-order valence-electron chi connectivity index (χ0n) is 12.6. The molecule has 1 aliphatic rings. The van der Waals surface area contributed by atoms with Gasteiger partial charge in [-0.25, -0.2) is 8.42 Å². The maximum atomic E-state index is 12.3. The lowest BCUT2D eigenvalue weighted by Gasteiger charge is -2.47. The molecule has 1 aliphatic heterocycles. The lowest BCUT2D eigenvalue weighted by molar-refractivity contribution is -0.157. The Labute approximate surface area is 120 Å². The molecule has 1 atom stereocenters. The van der Waals surface area contributed by atoms with Gasteiger partial charge in [0.1, 0.15) is 11.6 Å². The van der Waals surface area contributed by atoms with Gasteiger partial charge >= 0.3 is 0 Å². The summed E-state index contributed by atoms with van der Waals surface area (Å²) in [4.78, 5) is 26.1. The highest BCUT2D eigenvalue weighted by atomic mass is 32.2. The van der Waals surface area contributed by atoms with E-state index in [4.69, 9.17) is 0 Å². The average Bonchev–Trinajstić information content (AvgIpc) is 2.41. The number of rotatable bonds is 6. The fourth-order valence-electron chi connectivity index (χ4n) is 2.61. The van der Waals surface area contributed by atoms with Crippen molar-refractivity contribution < 1.29 is 18.0 Å². The first-order chi connectivity index (χ1) is 9.24. The third kappa shape index (κ3) is 2.97. The highest BCUT2D eigenvalue weighted by Crippen LogP contribution is 2.28. The molecule has 0 aromatic carbocycles. The van der Waals surface area contributed by atoms with E-state index in [1.807, 2.05) is 13.8 Å². The van der Waals surface area contributed by atoms with Crippen LogP contribution in [-0.4, -0.2) is 54.8 Å². The fourth-order valence-corrected chi connectivity index (χ4v) is 3.36. The molecule has 1 rings (SSSR count). The minimum atomic E-state index is -3.17. The molecule has 0 aliphatic carbocycles. The van der Waals surface area contributed by atoms with Crippen molar-refractivity contribution in [2.24, 2.45) is 0 Å². The topological polar surface area (TPSA) is 83.6 Å². The maximum absolute atomic E-state index is 12.3. The number of amides is 2. The van der Waals surface area contributed by atoms with Crippen molar-refractivity contribution in [3.8, 4) is 0 Å². The Morgan fingerprint density at radius 1 is 1.20 bits per heavy atom. The summed E-state index contributed by atoms with van der Waals surface area (Å²) in [6.07, 6.45) is 0.944. The van der Waals surface area contributed by atoms with Crippen LogP contribution in [0.1, 0.15) is 40.5 Å². The molecule has 0 aromatic heterocycles. The van der Waals surface area contributed by atoms with E-state index < -0.39 is 21.4 Å². The number of sulfone groups is 1. The Kier molecular flexibility index (Phi) is 5.18. The Morgan fingerprint density at radius 3 is 2.20 bits per heavy atom. The van der Waals surface area contributed by atoms with Crippen LogP contribution in [-0.2, 0) is 19.4 Å². The molecular weight excluding hydrogens is 280 g/mol. The second-order valence-corrected chi connectivity index (χ2v) is 7.63. The van der Waals surface area contributed by atoms with Gasteiger partial charge in [0, 0.05) is 12.3 Å². The molecule has 1 saturated heterocycles. The van der Waals surface area contributed by atoms with Crippen LogP contribution in [0.15, 0.2) is 0 Å². The highest BCUT2D eigenvalue weighted by Gasteiger charge is 2.49. The SMILES string of the molecule is CCC1(CC)C(=O)NC(C)C(=O)N1CCS(=O)(=O)CC. The summed E-state index contributed by atoms with van der Waals surface area (Å²) in [6.45, 7) is 6.96. The number of carbonyl (C=O) groups excluding carboxylic acids is 2. The van der Waals surface area contributed by atoms with Gasteiger partial charge in [0.05, 0.1) is 5.75 Å². The van der Waals surface area contributed by atoms with Crippen molar-refractivity contribution >= 4 is 21.7 Å². The smallest absolute Gasteiger partial charge is 0.246 e. The van der Waals surface area contributed by atoms with E-state index in [-0.39, 0.29) is 29.9 Å². The van der Waals surface area contributed by atoms with Gasteiger partial charge in [0.15, 0.2) is 9.84 Å². The molecule has 6 nitrogen and oxygen atoms in total. The van der Waals surface area contributed by atoms with E-state index in [1.54, 1.807) is 13.8 Å². The van der Waals surface area contributed by atoms with Crippen LogP contribution in [0.2, 0.25) is 0 Å². The second kappa shape index (κ2) is 6.11. The zero-order chi connectivity index (χ0) is 15.6. The van der Waals surface area contributed by atoms with Gasteiger partial charge in [-0.3, -0.25) is 9.59 Å². The molecular formula is C13H24N2O4S. The van der Waals surface area contributed by atoms with Crippen LogP contribution in [0.5, 0.6) is 0 Å². The number of hydrogen-bond acceptors (Lipinski definition) is 4. The predicted octanol–water partition coefficient (Wildman–Crippen LogP) is 0.327. The van der Waals surface area contributed by atoms with Gasteiger partial charge in [0.25, 0.3) is 0 Å². The molecule has 1 N–H and O–H groups in total. The van der Waals surface area contributed by atoms with E-state index in [0.29, 0.717) is 12.8 Å². The molecule has 0 spiro atoms. The number of hydrogen-bond donors (Lipinski definition) is 1. The molecule has 1 heterocycles. The average molecular weight is 304 g/mol. The third-order valence-corrected chi connectivity index (χ3v) is 5.84. The zero-order valence-corrected chi connectivity index (χ0v) is 13.4. The van der Waals surface area contributed by atoms with Crippen LogP contribution in [0.25, 0.3) is 0 Å². The van der Waals surface area contributed by atoms with E-state index in [2.05, 4.69) is 5.32 Å². The molecule has 7 heteroatoms. The monoisotopic (exact) mass is 304 g/mol. The van der Waals surface area contributed by atoms with Gasteiger partial charge in [-0.1, -0.05) is 20.8 Å². The summed E-state index contributed by atoms with van der Waals surface area (Å²) < 4.78 is 23.3. The Balaban J connectivity index is 3.07. The fraction of sp³-hybridized carbons (Fsp3) is 0.846. The van der Waals surface area contributed by atoms with Crippen molar-refractivity contribution in [2.45, 2.75) is 52.1 Å². The highest BCUT2D eigenvalue weighted by molar-refractivity contribution is 7.91. The normalized spacial score (nSPS) is 22.8. The summed E-state index contributed by atoms with van der Waals surface area (Å²) >= 11 is 0. The summed E-state index contributed by atoms with van der Waals surface area (Å²) in [5.41, 5.74) is -0.924. The molecule has 116 valence electrons. The number of piperazine rings is 1.